The van der Waals surface area contributed by atoms with Crippen LogP contribution >= 0.6 is 0 Å². The zero-order valence-electron chi connectivity index (χ0n) is 16.8. The van der Waals surface area contributed by atoms with Gasteiger partial charge in [0, 0.05) is 18.5 Å². The molecule has 1 aliphatic rings. The van der Waals surface area contributed by atoms with Crippen LogP contribution in [0.2, 0.25) is 0 Å². The normalized spacial score (nSPS) is 15.6. The number of hydrogen-bond donors (Lipinski definition) is 0. The molecule has 2 aromatic carbocycles. The minimum absolute atomic E-state index is 0.270. The Labute approximate surface area is 171 Å². The highest BCUT2D eigenvalue weighted by Crippen LogP contribution is 2.28. The van der Waals surface area contributed by atoms with E-state index in [2.05, 4.69) is 17.0 Å². The van der Waals surface area contributed by atoms with E-state index in [4.69, 9.17) is 13.9 Å². The Morgan fingerprint density at radius 1 is 1.07 bits per heavy atom. The van der Waals surface area contributed by atoms with Crippen LogP contribution in [0.4, 0.5) is 0 Å². The Morgan fingerprint density at radius 2 is 1.79 bits per heavy atom. The van der Waals surface area contributed by atoms with E-state index in [9.17, 15) is 4.79 Å². The molecule has 0 radical (unpaired) electrons. The summed E-state index contributed by atoms with van der Waals surface area (Å²) in [4.78, 5) is 14.9. The van der Waals surface area contributed by atoms with E-state index in [1.807, 2.05) is 49.4 Å². The average molecular weight is 393 g/mol. The molecule has 1 saturated heterocycles. The molecule has 1 aliphatic heterocycles. The van der Waals surface area contributed by atoms with Crippen molar-refractivity contribution in [1.82, 2.24) is 4.90 Å². The van der Waals surface area contributed by atoms with Gasteiger partial charge in [-0.15, -0.1) is 0 Å². The number of piperidine rings is 1. The number of nitrogens with zero attached hydrogens (tertiary/aromatic N) is 1. The van der Waals surface area contributed by atoms with Crippen molar-refractivity contribution < 1.29 is 18.7 Å². The maximum absolute atomic E-state index is 12.5. The fourth-order valence-electron chi connectivity index (χ4n) is 3.86. The number of likely N-dealkylation sites (tertiary alicyclic amines) is 1. The van der Waals surface area contributed by atoms with Gasteiger partial charge in [0.1, 0.15) is 16.9 Å². The summed E-state index contributed by atoms with van der Waals surface area (Å²) in [5, 5.41) is 0.821. The van der Waals surface area contributed by atoms with Gasteiger partial charge in [-0.1, -0.05) is 48.5 Å². The lowest BCUT2D eigenvalue weighted by atomic mass is 10.1. The molecule has 0 N–H and O–H groups in total. The first kappa shape index (κ1) is 19.7. The average Bonchev–Trinajstić information content (AvgIpc) is 3.12. The van der Waals surface area contributed by atoms with Gasteiger partial charge in [-0.3, -0.25) is 4.90 Å². The monoisotopic (exact) mass is 393 g/mol. The van der Waals surface area contributed by atoms with Crippen LogP contribution in [0.5, 0.6) is 0 Å². The third kappa shape index (κ3) is 4.69. The molecule has 0 amide bonds. The fourth-order valence-corrected chi connectivity index (χ4v) is 3.86. The lowest BCUT2D eigenvalue weighted by molar-refractivity contribution is -0.00505. The summed E-state index contributed by atoms with van der Waals surface area (Å²) in [7, 11) is 0. The van der Waals surface area contributed by atoms with Gasteiger partial charge in [-0.05, 0) is 31.4 Å². The van der Waals surface area contributed by atoms with E-state index in [-0.39, 0.29) is 12.1 Å². The molecule has 0 spiro atoms. The van der Waals surface area contributed by atoms with Crippen molar-refractivity contribution in [2.45, 2.75) is 39.0 Å². The first-order chi connectivity index (χ1) is 14.2. The van der Waals surface area contributed by atoms with E-state index in [0.717, 1.165) is 36.9 Å². The molecule has 152 valence electrons. The molecule has 0 saturated carbocycles. The molecule has 0 atom stereocenters. The van der Waals surface area contributed by atoms with Crippen LogP contribution in [0.25, 0.3) is 11.0 Å². The summed E-state index contributed by atoms with van der Waals surface area (Å²) in [6.07, 6.45) is 2.22. The number of fused-ring (bicyclic) bond motifs is 1. The topological polar surface area (TPSA) is 51.9 Å². The summed E-state index contributed by atoms with van der Waals surface area (Å²) in [6, 6.07) is 17.9. The second-order valence-corrected chi connectivity index (χ2v) is 7.39. The maximum Gasteiger partial charge on any atom is 0.342 e. The highest BCUT2D eigenvalue weighted by atomic mass is 16.5. The van der Waals surface area contributed by atoms with E-state index < -0.39 is 0 Å². The van der Waals surface area contributed by atoms with Crippen molar-refractivity contribution in [3.8, 4) is 0 Å². The molecule has 0 unspecified atom stereocenters. The quantitative estimate of drug-likeness (QED) is 0.540. The highest BCUT2D eigenvalue weighted by molar-refractivity contribution is 6.04. The maximum atomic E-state index is 12.5. The summed E-state index contributed by atoms with van der Waals surface area (Å²) in [5.74, 6) is 0.377. The molecule has 29 heavy (non-hydrogen) atoms. The molecule has 1 fully saturated rings. The summed E-state index contributed by atoms with van der Waals surface area (Å²) in [5.41, 5.74) is 2.49. The Hall–Kier alpha value is -2.63. The number of rotatable bonds is 7. The fraction of sp³-hybridized carbons (Fsp3) is 0.375. The molecule has 5 heteroatoms. The summed E-state index contributed by atoms with van der Waals surface area (Å²) >= 11 is 0. The van der Waals surface area contributed by atoms with Gasteiger partial charge in [-0.2, -0.15) is 0 Å². The first-order valence-corrected chi connectivity index (χ1v) is 10.3. The van der Waals surface area contributed by atoms with Crippen molar-refractivity contribution in [1.29, 1.82) is 0 Å². The van der Waals surface area contributed by atoms with Gasteiger partial charge in [0.25, 0.3) is 0 Å². The number of benzene rings is 2. The Morgan fingerprint density at radius 3 is 2.55 bits per heavy atom. The van der Waals surface area contributed by atoms with Crippen molar-refractivity contribution in [2.75, 3.05) is 19.7 Å². The van der Waals surface area contributed by atoms with Crippen LogP contribution in [0.3, 0.4) is 0 Å². The summed E-state index contributed by atoms with van der Waals surface area (Å²) in [6.45, 7) is 5.26. The molecule has 0 bridgehead atoms. The van der Waals surface area contributed by atoms with Gasteiger partial charge >= 0.3 is 5.97 Å². The number of hydrogen-bond acceptors (Lipinski definition) is 5. The minimum atomic E-state index is -0.312. The lowest BCUT2D eigenvalue weighted by Gasteiger charge is -2.31. The van der Waals surface area contributed by atoms with Crippen LogP contribution in [0.15, 0.2) is 59.0 Å². The van der Waals surface area contributed by atoms with Gasteiger partial charge < -0.3 is 13.9 Å². The zero-order valence-corrected chi connectivity index (χ0v) is 16.8. The van der Waals surface area contributed by atoms with Gasteiger partial charge in [0.05, 0.1) is 25.9 Å². The van der Waals surface area contributed by atoms with Crippen LogP contribution < -0.4 is 0 Å². The van der Waals surface area contributed by atoms with Gasteiger partial charge in [-0.25, -0.2) is 4.79 Å². The first-order valence-electron chi connectivity index (χ1n) is 10.3. The van der Waals surface area contributed by atoms with Gasteiger partial charge in [0.2, 0.25) is 0 Å². The van der Waals surface area contributed by atoms with E-state index in [0.29, 0.717) is 31.1 Å². The molecule has 2 heterocycles. The van der Waals surface area contributed by atoms with Crippen molar-refractivity contribution in [2.24, 2.45) is 0 Å². The second kappa shape index (κ2) is 9.25. The largest absolute Gasteiger partial charge is 0.462 e. The number of ether oxygens (including phenoxy) is 2. The number of furan rings is 1. The molecule has 5 nitrogen and oxygen atoms in total. The standard InChI is InChI=1S/C24H27NO4/c1-2-27-24(26)23-20-10-6-7-11-21(20)29-22(23)16-25-14-12-19(13-15-25)28-17-18-8-4-3-5-9-18/h3-11,19H,2,12-17H2,1H3. The molecular weight excluding hydrogens is 366 g/mol. The number of carbonyl (C=O) groups excluding carboxylic acids is 1. The lowest BCUT2D eigenvalue weighted by Crippen LogP contribution is -2.36. The minimum Gasteiger partial charge on any atom is -0.462 e. The van der Waals surface area contributed by atoms with Gasteiger partial charge in [0.15, 0.2) is 0 Å². The van der Waals surface area contributed by atoms with E-state index in [1.165, 1.54) is 5.56 Å². The second-order valence-electron chi connectivity index (χ2n) is 7.39. The van der Waals surface area contributed by atoms with Crippen molar-refractivity contribution in [3.63, 3.8) is 0 Å². The predicted molar refractivity (Wildman–Crippen MR) is 112 cm³/mol. The smallest absolute Gasteiger partial charge is 0.342 e. The number of carbonyl (C=O) groups is 1. The molecular formula is C24H27NO4. The number of para-hydroxylation sites is 1. The number of esters is 1. The third-order valence-electron chi connectivity index (χ3n) is 5.38. The van der Waals surface area contributed by atoms with E-state index in [1.54, 1.807) is 0 Å². The summed E-state index contributed by atoms with van der Waals surface area (Å²) < 4.78 is 17.4. The van der Waals surface area contributed by atoms with Crippen molar-refractivity contribution >= 4 is 16.9 Å². The molecule has 3 aromatic rings. The van der Waals surface area contributed by atoms with Crippen LogP contribution in [-0.4, -0.2) is 36.7 Å². The molecule has 0 aliphatic carbocycles. The Bertz CT molecular complexity index is 942. The third-order valence-corrected chi connectivity index (χ3v) is 5.38. The highest BCUT2D eigenvalue weighted by Gasteiger charge is 2.26. The Balaban J connectivity index is 1.38. The van der Waals surface area contributed by atoms with Crippen LogP contribution in [0, 0.1) is 0 Å². The predicted octanol–water partition coefficient (Wildman–Crippen LogP) is 4.79. The molecule has 1 aromatic heterocycles. The molecule has 4 rings (SSSR count). The Kier molecular flexibility index (Phi) is 6.27. The van der Waals surface area contributed by atoms with Crippen LogP contribution in [0.1, 0.15) is 41.4 Å². The van der Waals surface area contributed by atoms with E-state index >= 15 is 0 Å². The SMILES string of the molecule is CCOC(=O)c1c(CN2CCC(OCc3ccccc3)CC2)oc2ccccc12. The zero-order chi connectivity index (χ0) is 20.1. The van der Waals surface area contributed by atoms with Crippen LogP contribution in [-0.2, 0) is 22.6 Å². The van der Waals surface area contributed by atoms with Crippen molar-refractivity contribution in [3.05, 3.63) is 71.5 Å².